The van der Waals surface area contributed by atoms with Crippen molar-refractivity contribution in [2.45, 2.75) is 6.54 Å². The Kier molecular flexibility index (Phi) is 4.67. The van der Waals surface area contributed by atoms with Crippen molar-refractivity contribution in [3.8, 4) is 0 Å². The highest BCUT2D eigenvalue weighted by atomic mass is 79.9. The van der Waals surface area contributed by atoms with Gasteiger partial charge in [-0.3, -0.25) is 10.1 Å². The molecule has 0 fully saturated rings. The van der Waals surface area contributed by atoms with Crippen LogP contribution in [0.5, 0.6) is 0 Å². The number of nitrogens with one attached hydrogen (secondary N) is 1. The molecule has 0 saturated heterocycles. The molecule has 0 spiro atoms. The Balaban J connectivity index is 2.08. The summed E-state index contributed by atoms with van der Waals surface area (Å²) in [4.78, 5) is 11.2. The second-order valence-electron chi connectivity index (χ2n) is 3.61. The van der Waals surface area contributed by atoms with Crippen LogP contribution in [0.1, 0.15) is 4.88 Å². The fourth-order valence-electron chi connectivity index (χ4n) is 1.43. The molecule has 2 aromatic rings. The lowest BCUT2D eigenvalue weighted by Gasteiger charge is -2.05. The average molecular weight is 382 g/mol. The van der Waals surface area contributed by atoms with Crippen molar-refractivity contribution in [3.63, 3.8) is 0 Å². The quantitative estimate of drug-likeness (QED) is 0.574. The SMILES string of the molecule is O=[N+]([O-])c1ccc(NCc2cc(Br)c(Cl)s2)cc1Cl. The van der Waals surface area contributed by atoms with E-state index in [0.29, 0.717) is 10.9 Å². The molecule has 1 N–H and O–H groups in total. The number of rotatable bonds is 4. The lowest BCUT2D eigenvalue weighted by molar-refractivity contribution is -0.384. The van der Waals surface area contributed by atoms with Gasteiger partial charge in [0, 0.05) is 27.6 Å². The third-order valence-electron chi connectivity index (χ3n) is 2.31. The normalized spacial score (nSPS) is 10.5. The molecular weight excluding hydrogens is 375 g/mol. The monoisotopic (exact) mass is 380 g/mol. The van der Waals surface area contributed by atoms with E-state index in [4.69, 9.17) is 23.2 Å². The molecule has 0 unspecified atom stereocenters. The molecule has 1 aromatic carbocycles. The van der Waals surface area contributed by atoms with Gasteiger partial charge < -0.3 is 5.32 Å². The van der Waals surface area contributed by atoms with Crippen molar-refractivity contribution in [1.29, 1.82) is 0 Å². The van der Waals surface area contributed by atoms with Crippen LogP contribution in [-0.2, 0) is 6.54 Å². The van der Waals surface area contributed by atoms with Crippen LogP contribution in [0.3, 0.4) is 0 Å². The largest absolute Gasteiger partial charge is 0.380 e. The molecule has 100 valence electrons. The lowest BCUT2D eigenvalue weighted by atomic mass is 10.3. The van der Waals surface area contributed by atoms with Gasteiger partial charge in [0.2, 0.25) is 0 Å². The second-order valence-corrected chi connectivity index (χ2v) is 6.61. The van der Waals surface area contributed by atoms with E-state index < -0.39 is 4.92 Å². The smallest absolute Gasteiger partial charge is 0.288 e. The van der Waals surface area contributed by atoms with Gasteiger partial charge in [-0.1, -0.05) is 23.2 Å². The first kappa shape index (κ1) is 14.6. The maximum atomic E-state index is 10.6. The summed E-state index contributed by atoms with van der Waals surface area (Å²) in [5, 5.41) is 13.9. The Morgan fingerprint density at radius 3 is 2.63 bits per heavy atom. The first-order valence-corrected chi connectivity index (χ1v) is 7.45. The number of thiophene rings is 1. The van der Waals surface area contributed by atoms with Crippen LogP contribution in [0.2, 0.25) is 9.36 Å². The molecule has 1 aromatic heterocycles. The molecule has 8 heteroatoms. The van der Waals surface area contributed by atoms with Gasteiger partial charge in [0.15, 0.2) is 0 Å². The Labute approximate surface area is 131 Å². The molecule has 0 saturated carbocycles. The highest BCUT2D eigenvalue weighted by Crippen LogP contribution is 2.33. The highest BCUT2D eigenvalue weighted by molar-refractivity contribution is 9.10. The Morgan fingerprint density at radius 1 is 1.37 bits per heavy atom. The topological polar surface area (TPSA) is 55.2 Å². The van der Waals surface area contributed by atoms with Crippen LogP contribution in [-0.4, -0.2) is 4.92 Å². The van der Waals surface area contributed by atoms with Gasteiger partial charge in [-0.2, -0.15) is 0 Å². The van der Waals surface area contributed by atoms with Crippen LogP contribution in [0.15, 0.2) is 28.7 Å². The van der Waals surface area contributed by atoms with Gasteiger partial charge in [0.1, 0.15) is 9.36 Å². The standard InChI is InChI=1S/C11H7BrCl2N2O2S/c12-8-4-7(19-11(8)14)5-15-6-1-2-10(16(17)18)9(13)3-6/h1-4,15H,5H2. The maximum absolute atomic E-state index is 10.6. The van der Waals surface area contributed by atoms with E-state index in [1.165, 1.54) is 23.5 Å². The zero-order chi connectivity index (χ0) is 14.0. The van der Waals surface area contributed by atoms with Crippen LogP contribution in [0, 0.1) is 10.1 Å². The van der Waals surface area contributed by atoms with E-state index >= 15 is 0 Å². The molecule has 19 heavy (non-hydrogen) atoms. The molecule has 2 rings (SSSR count). The van der Waals surface area contributed by atoms with Crippen LogP contribution in [0.25, 0.3) is 0 Å². The minimum atomic E-state index is -0.512. The molecule has 0 aliphatic carbocycles. The predicted octanol–water partition coefficient (Wildman–Crippen LogP) is 5.34. The number of nitrogens with zero attached hydrogens (tertiary/aromatic N) is 1. The molecule has 1 heterocycles. The van der Waals surface area contributed by atoms with E-state index in [9.17, 15) is 10.1 Å². The number of benzene rings is 1. The third kappa shape index (κ3) is 3.60. The van der Waals surface area contributed by atoms with Gasteiger partial charge in [0.25, 0.3) is 5.69 Å². The van der Waals surface area contributed by atoms with Gasteiger partial charge >= 0.3 is 0 Å². The van der Waals surface area contributed by atoms with Gasteiger partial charge in [-0.25, -0.2) is 0 Å². The van der Waals surface area contributed by atoms with Crippen LogP contribution < -0.4 is 5.32 Å². The minimum Gasteiger partial charge on any atom is -0.380 e. The van der Waals surface area contributed by atoms with Gasteiger partial charge in [-0.15, -0.1) is 11.3 Å². The Bertz CT molecular complexity index is 614. The summed E-state index contributed by atoms with van der Waals surface area (Å²) < 4.78 is 1.55. The van der Waals surface area contributed by atoms with Crippen molar-refractivity contribution >= 4 is 61.8 Å². The second kappa shape index (κ2) is 6.09. The van der Waals surface area contributed by atoms with Gasteiger partial charge in [-0.05, 0) is 34.1 Å². The number of nitro groups is 1. The summed E-state index contributed by atoms with van der Waals surface area (Å²) in [6.45, 7) is 0.574. The summed E-state index contributed by atoms with van der Waals surface area (Å²) in [6.07, 6.45) is 0. The maximum Gasteiger partial charge on any atom is 0.288 e. The number of nitro benzene ring substituents is 1. The van der Waals surface area contributed by atoms with Crippen molar-refractivity contribution in [1.82, 2.24) is 0 Å². The summed E-state index contributed by atoms with van der Waals surface area (Å²) in [7, 11) is 0. The zero-order valence-electron chi connectivity index (χ0n) is 9.32. The van der Waals surface area contributed by atoms with Crippen molar-refractivity contribution in [2.24, 2.45) is 0 Å². The molecule has 0 atom stereocenters. The number of hydrogen-bond acceptors (Lipinski definition) is 4. The first-order valence-electron chi connectivity index (χ1n) is 5.09. The predicted molar refractivity (Wildman–Crippen MR) is 82.5 cm³/mol. The molecule has 4 nitrogen and oxygen atoms in total. The molecule has 0 radical (unpaired) electrons. The third-order valence-corrected chi connectivity index (χ3v) is 5.08. The minimum absolute atomic E-state index is 0.103. The van der Waals surface area contributed by atoms with Gasteiger partial charge in [0.05, 0.1) is 4.92 Å². The van der Waals surface area contributed by atoms with Crippen LogP contribution in [0.4, 0.5) is 11.4 Å². The number of anilines is 1. The molecule has 0 aliphatic heterocycles. The highest BCUT2D eigenvalue weighted by Gasteiger charge is 2.12. The van der Waals surface area contributed by atoms with Crippen LogP contribution >= 0.6 is 50.5 Å². The zero-order valence-corrected chi connectivity index (χ0v) is 13.2. The molecule has 0 bridgehead atoms. The van der Waals surface area contributed by atoms with Crippen molar-refractivity contribution in [2.75, 3.05) is 5.32 Å². The first-order chi connectivity index (χ1) is 8.97. The summed E-state index contributed by atoms with van der Waals surface area (Å²) in [5.41, 5.74) is 0.616. The summed E-state index contributed by atoms with van der Waals surface area (Å²) in [5.74, 6) is 0. The van der Waals surface area contributed by atoms with E-state index in [0.717, 1.165) is 15.0 Å². The Hall–Kier alpha value is -0.820. The van der Waals surface area contributed by atoms with Crippen molar-refractivity contribution < 1.29 is 4.92 Å². The Morgan fingerprint density at radius 2 is 2.11 bits per heavy atom. The lowest BCUT2D eigenvalue weighted by Crippen LogP contribution is -1.98. The fraction of sp³-hybridized carbons (Fsp3) is 0.0909. The van der Waals surface area contributed by atoms with E-state index in [2.05, 4.69) is 21.2 Å². The number of halogens is 3. The fourth-order valence-corrected chi connectivity index (χ4v) is 3.41. The van der Waals surface area contributed by atoms with Crippen molar-refractivity contribution in [3.05, 3.63) is 53.1 Å². The average Bonchev–Trinajstić information content (AvgIpc) is 2.66. The summed E-state index contributed by atoms with van der Waals surface area (Å²) >= 11 is 16.6. The summed E-state index contributed by atoms with van der Waals surface area (Å²) in [6, 6.07) is 6.45. The van der Waals surface area contributed by atoms with E-state index in [1.807, 2.05) is 6.07 Å². The van der Waals surface area contributed by atoms with E-state index in [1.54, 1.807) is 6.07 Å². The van der Waals surface area contributed by atoms with E-state index in [-0.39, 0.29) is 10.7 Å². The molecule has 0 amide bonds. The number of hydrogen-bond donors (Lipinski definition) is 1. The molecular formula is C11H7BrCl2N2O2S. The molecule has 0 aliphatic rings.